The Morgan fingerprint density at radius 1 is 0.919 bits per heavy atom. The van der Waals surface area contributed by atoms with Crippen LogP contribution < -0.4 is 16.0 Å². The zero-order chi connectivity index (χ0) is 46.8. The quantitative estimate of drug-likeness (QED) is 0.170. The number of hydrogen-bond donors (Lipinski definition) is 3. The molecule has 1 heterocycles. The minimum Gasteiger partial charge on any atom is -0.456 e. The number of carbonyl (C=O) groups excluding carboxylic acids is 7. The van der Waals surface area contributed by atoms with Gasteiger partial charge >= 0.3 is 11.9 Å². The Balaban J connectivity index is 2.68. The molecular weight excluding hydrogens is 815 g/mol. The largest absolute Gasteiger partial charge is 0.456 e. The van der Waals surface area contributed by atoms with Gasteiger partial charge in [-0.2, -0.15) is 0 Å². The van der Waals surface area contributed by atoms with Gasteiger partial charge < -0.3 is 40.0 Å². The highest BCUT2D eigenvalue weighted by atomic mass is 32.2. The molecule has 15 nitrogen and oxygen atoms in total. The number of nitrogens with one attached hydrogen (secondary N) is 3. The minimum atomic E-state index is -1.23. The third-order valence-corrected chi connectivity index (χ3v) is 11.6. The molecule has 1 aromatic rings. The van der Waals surface area contributed by atoms with Crippen molar-refractivity contribution >= 4 is 53.2 Å². The Labute approximate surface area is 372 Å². The number of carbonyl (C=O) groups is 7. The van der Waals surface area contributed by atoms with Gasteiger partial charge in [0.1, 0.15) is 30.3 Å². The Bertz CT molecular complexity index is 1750. The molecule has 1 aliphatic heterocycles. The maximum Gasteiger partial charge on any atom is 0.334 e. The highest BCUT2D eigenvalue weighted by molar-refractivity contribution is 7.98. The number of likely N-dealkylation sites (N-methyl/N-ethyl adjacent to an activating group) is 2. The average molecular weight is 886 g/mol. The number of allylic oxidation sites excluding steroid dienone is 1. The third kappa shape index (κ3) is 16.2. The molecule has 0 saturated heterocycles. The summed E-state index contributed by atoms with van der Waals surface area (Å²) in [6.07, 6.45) is 3.83. The Morgan fingerprint density at radius 2 is 1.55 bits per heavy atom. The normalized spacial score (nSPS) is 28.0. The summed E-state index contributed by atoms with van der Waals surface area (Å²) in [5.41, 5.74) is 1.71. The second-order valence-electron chi connectivity index (χ2n) is 16.7. The van der Waals surface area contributed by atoms with Gasteiger partial charge in [0, 0.05) is 32.0 Å². The van der Waals surface area contributed by atoms with Crippen LogP contribution in [0.3, 0.4) is 0 Å². The zero-order valence-electron chi connectivity index (χ0n) is 38.9. The second-order valence-corrected chi connectivity index (χ2v) is 17.6. The number of amides is 5. The highest BCUT2D eigenvalue weighted by Crippen LogP contribution is 2.26. The number of esters is 2. The molecule has 0 bridgehead atoms. The number of hydrogen-bond acceptors (Lipinski definition) is 11. The van der Waals surface area contributed by atoms with Gasteiger partial charge in [0.15, 0.2) is 6.10 Å². The molecular formula is C46H71N5O10S. The smallest absolute Gasteiger partial charge is 0.334 e. The monoisotopic (exact) mass is 885 g/mol. The molecule has 3 N–H and O–H groups in total. The molecule has 0 aliphatic carbocycles. The van der Waals surface area contributed by atoms with E-state index in [0.29, 0.717) is 12.4 Å². The summed E-state index contributed by atoms with van der Waals surface area (Å²) in [4.78, 5) is 99.0. The number of rotatable bonds is 10. The lowest BCUT2D eigenvalue weighted by Crippen LogP contribution is -2.57. The van der Waals surface area contributed by atoms with Crippen LogP contribution in [0.25, 0.3) is 0 Å². The molecule has 1 aliphatic rings. The number of cyclic esters (lactones) is 2. The van der Waals surface area contributed by atoms with Gasteiger partial charge in [0.25, 0.3) is 5.91 Å². The average Bonchev–Trinajstić information content (AvgIpc) is 3.24. The van der Waals surface area contributed by atoms with Crippen LogP contribution in [0.2, 0.25) is 0 Å². The number of benzene rings is 1. The Morgan fingerprint density at radius 3 is 2.13 bits per heavy atom. The number of thioether (sulfide) groups is 1. The van der Waals surface area contributed by atoms with Crippen LogP contribution in [0.15, 0.2) is 53.6 Å². The highest BCUT2D eigenvalue weighted by Gasteiger charge is 2.37. The van der Waals surface area contributed by atoms with E-state index in [1.54, 1.807) is 32.1 Å². The van der Waals surface area contributed by atoms with E-state index in [-0.39, 0.29) is 36.7 Å². The predicted octanol–water partition coefficient (Wildman–Crippen LogP) is 4.58. The molecule has 62 heavy (non-hydrogen) atoms. The SMILES string of the molecule is C/C=C(\C)[C@H]1OC(=O)[C@@H](C)NC(=O)[C@H](C(C)CC)NC(=O)CN(C)C(=O)[C@@H](Cc2ccccc2)N(C)C(=O)[C@H](C)NC(=O)[C@@H](CC(C)C)OC(=O)/C(C)=C/C[C@@H](OCSC)[C@H]1C. The van der Waals surface area contributed by atoms with Gasteiger partial charge in [-0.1, -0.05) is 83.5 Å². The topological polar surface area (TPSA) is 190 Å². The van der Waals surface area contributed by atoms with Gasteiger partial charge in [0.2, 0.25) is 23.6 Å². The first-order valence-electron chi connectivity index (χ1n) is 21.4. The van der Waals surface area contributed by atoms with Gasteiger partial charge in [0.05, 0.1) is 18.6 Å². The molecule has 0 aromatic heterocycles. The second kappa shape index (κ2) is 26.0. The van der Waals surface area contributed by atoms with Crippen molar-refractivity contribution in [2.24, 2.45) is 17.8 Å². The van der Waals surface area contributed by atoms with Crippen LogP contribution in [-0.4, -0.2) is 127 Å². The first-order valence-corrected chi connectivity index (χ1v) is 22.8. The Kier molecular flexibility index (Phi) is 22.5. The van der Waals surface area contributed by atoms with Gasteiger partial charge in [-0.05, 0) is 76.7 Å². The van der Waals surface area contributed by atoms with Gasteiger partial charge in [-0.15, -0.1) is 11.8 Å². The fraction of sp³-hybridized carbons (Fsp3) is 0.630. The van der Waals surface area contributed by atoms with Gasteiger partial charge in [-0.25, -0.2) is 9.59 Å². The molecule has 0 fully saturated rings. The molecule has 0 radical (unpaired) electrons. The van der Waals surface area contributed by atoms with E-state index >= 15 is 0 Å². The maximum absolute atomic E-state index is 14.2. The summed E-state index contributed by atoms with van der Waals surface area (Å²) in [6.45, 7) is 17.1. The van der Waals surface area contributed by atoms with Crippen LogP contribution in [0.4, 0.5) is 0 Å². The maximum atomic E-state index is 14.2. The van der Waals surface area contributed by atoms with E-state index in [4.69, 9.17) is 14.2 Å². The molecule has 16 heteroatoms. The van der Waals surface area contributed by atoms with E-state index < -0.39 is 96.4 Å². The van der Waals surface area contributed by atoms with Crippen molar-refractivity contribution in [2.45, 2.75) is 137 Å². The van der Waals surface area contributed by atoms with Crippen LogP contribution in [0.1, 0.15) is 94.1 Å². The van der Waals surface area contributed by atoms with E-state index in [2.05, 4.69) is 16.0 Å². The standard InChI is InChI=1S/C46H71N5O10S/c1-14-28(5)39-42(54)48-33(10)46(58)61-40(29(6)15-2)31(8)36(59-26-62-13)22-21-30(7)45(57)60-37(23-27(3)4)41(53)47-32(9)43(55)51(12)35(24-34-19-17-16-18-20-34)44(56)50(11)25-38(52)49-39/h15-21,27-28,31-33,35-37,39-40H,14,22-26H2,1-13H3,(H,47,53)(H,48,54)(H,49,52)/b29-15+,30-21+/t28?,31-,32+,33-,35-,36-,37-,39+,40-/m1/s1. The van der Waals surface area contributed by atoms with Crippen molar-refractivity contribution in [3.8, 4) is 0 Å². The number of ether oxygens (including phenoxy) is 3. The lowest BCUT2D eigenvalue weighted by atomic mass is 9.90. The molecule has 0 saturated carbocycles. The van der Waals surface area contributed by atoms with E-state index in [9.17, 15) is 33.6 Å². The van der Waals surface area contributed by atoms with Crippen molar-refractivity contribution in [1.82, 2.24) is 25.8 Å². The summed E-state index contributed by atoms with van der Waals surface area (Å²) in [7, 11) is 2.88. The predicted molar refractivity (Wildman–Crippen MR) is 240 cm³/mol. The van der Waals surface area contributed by atoms with Crippen LogP contribution in [0.5, 0.6) is 0 Å². The summed E-state index contributed by atoms with van der Waals surface area (Å²) in [6, 6.07) is 4.65. The van der Waals surface area contributed by atoms with E-state index in [1.165, 1.54) is 49.5 Å². The molecule has 5 amide bonds. The van der Waals surface area contributed by atoms with Crippen LogP contribution in [-0.2, 0) is 54.2 Å². The summed E-state index contributed by atoms with van der Waals surface area (Å²) >= 11 is 1.46. The first-order chi connectivity index (χ1) is 29.2. The molecule has 9 atom stereocenters. The van der Waals surface area contributed by atoms with E-state index in [1.807, 2.05) is 72.1 Å². The third-order valence-electron chi connectivity index (χ3n) is 11.2. The number of nitrogens with zero attached hydrogens (tertiary/aromatic N) is 2. The fourth-order valence-corrected chi connectivity index (χ4v) is 7.22. The van der Waals surface area contributed by atoms with Crippen molar-refractivity contribution in [1.29, 1.82) is 0 Å². The Hall–Kier alpha value is -4.70. The molecule has 2 rings (SSSR count). The first kappa shape index (κ1) is 53.4. The molecule has 346 valence electrons. The molecule has 1 unspecified atom stereocenters. The summed E-state index contributed by atoms with van der Waals surface area (Å²) in [5.74, 6) is -5.02. The summed E-state index contributed by atoms with van der Waals surface area (Å²) in [5, 5.41) is 8.17. The van der Waals surface area contributed by atoms with Crippen molar-refractivity contribution < 1.29 is 47.8 Å². The zero-order valence-corrected chi connectivity index (χ0v) is 39.8. The fourth-order valence-electron chi connectivity index (χ4n) is 6.91. The molecule has 0 spiro atoms. The van der Waals surface area contributed by atoms with Crippen LogP contribution >= 0.6 is 11.8 Å². The van der Waals surface area contributed by atoms with Crippen molar-refractivity contribution in [3.63, 3.8) is 0 Å². The lowest BCUT2D eigenvalue weighted by Gasteiger charge is -2.33. The van der Waals surface area contributed by atoms with Crippen molar-refractivity contribution in [2.75, 3.05) is 32.8 Å². The van der Waals surface area contributed by atoms with E-state index in [0.717, 1.165) is 11.1 Å². The van der Waals surface area contributed by atoms with Crippen molar-refractivity contribution in [3.05, 3.63) is 59.2 Å². The minimum absolute atomic E-state index is 0.0614. The van der Waals surface area contributed by atoms with Crippen LogP contribution in [0, 0.1) is 17.8 Å². The van der Waals surface area contributed by atoms with Gasteiger partial charge in [-0.3, -0.25) is 24.0 Å². The lowest BCUT2D eigenvalue weighted by molar-refractivity contribution is -0.155. The summed E-state index contributed by atoms with van der Waals surface area (Å²) < 4.78 is 18.1. The molecule has 1 aromatic carbocycles.